The molecule has 0 aliphatic heterocycles. The minimum absolute atomic E-state index is 0.130. The van der Waals surface area contributed by atoms with E-state index in [1.54, 1.807) is 36.2 Å². The minimum atomic E-state index is -0.639. The highest BCUT2D eigenvalue weighted by molar-refractivity contribution is 5.95. The van der Waals surface area contributed by atoms with Crippen LogP contribution in [0.1, 0.15) is 21.9 Å². The number of amides is 3. The van der Waals surface area contributed by atoms with Crippen LogP contribution in [-0.4, -0.2) is 23.9 Å². The van der Waals surface area contributed by atoms with Crippen LogP contribution in [0.25, 0.3) is 0 Å². The quantitative estimate of drug-likeness (QED) is 0.904. The molecule has 3 amide bonds. The van der Waals surface area contributed by atoms with E-state index in [-0.39, 0.29) is 5.91 Å². The van der Waals surface area contributed by atoms with Crippen molar-refractivity contribution < 1.29 is 14.0 Å². The number of furan rings is 1. The number of nitrogens with one attached hydrogen (secondary N) is 1. The summed E-state index contributed by atoms with van der Waals surface area (Å²) in [6.45, 7) is 2.25. The molecule has 2 rings (SSSR count). The maximum Gasteiger partial charge on any atom is 0.316 e. The van der Waals surface area contributed by atoms with Crippen molar-refractivity contribution in [2.45, 2.75) is 13.5 Å². The third-order valence-electron chi connectivity index (χ3n) is 2.94. The van der Waals surface area contributed by atoms with E-state index in [2.05, 4.69) is 5.32 Å². The van der Waals surface area contributed by atoms with Crippen LogP contribution in [0.5, 0.6) is 0 Å². The molecular weight excluding hydrogens is 270 g/mol. The Morgan fingerprint density at radius 1 is 1.19 bits per heavy atom. The lowest BCUT2D eigenvalue weighted by atomic mass is 10.2. The molecule has 3 N–H and O–H groups in total. The minimum Gasteiger partial charge on any atom is -0.464 e. The highest BCUT2D eigenvalue weighted by Gasteiger charge is 2.13. The van der Waals surface area contributed by atoms with E-state index in [1.165, 1.54) is 0 Å². The summed E-state index contributed by atoms with van der Waals surface area (Å²) in [4.78, 5) is 24.6. The van der Waals surface area contributed by atoms with E-state index in [4.69, 9.17) is 10.2 Å². The Morgan fingerprint density at radius 3 is 2.38 bits per heavy atom. The molecule has 1 heterocycles. The lowest BCUT2D eigenvalue weighted by Gasteiger charge is -2.16. The van der Waals surface area contributed by atoms with Crippen molar-refractivity contribution in [3.8, 4) is 0 Å². The van der Waals surface area contributed by atoms with E-state index < -0.39 is 6.03 Å². The van der Waals surface area contributed by atoms with Gasteiger partial charge in [-0.15, -0.1) is 0 Å². The number of hydrogen-bond donors (Lipinski definition) is 2. The molecule has 2 aromatic rings. The molecule has 0 aliphatic carbocycles. The van der Waals surface area contributed by atoms with E-state index in [0.29, 0.717) is 17.8 Å². The van der Waals surface area contributed by atoms with Gasteiger partial charge in [0.2, 0.25) is 0 Å². The number of benzene rings is 1. The maximum absolute atomic E-state index is 12.3. The molecule has 1 aromatic heterocycles. The second kappa shape index (κ2) is 6.13. The van der Waals surface area contributed by atoms with Crippen molar-refractivity contribution in [2.75, 3.05) is 12.4 Å². The van der Waals surface area contributed by atoms with Gasteiger partial charge < -0.3 is 20.4 Å². The molecule has 0 spiro atoms. The summed E-state index contributed by atoms with van der Waals surface area (Å²) in [6, 6.07) is 9.59. The smallest absolute Gasteiger partial charge is 0.316 e. The Bertz CT molecular complexity index is 646. The monoisotopic (exact) mass is 287 g/mol. The van der Waals surface area contributed by atoms with Crippen LogP contribution in [-0.2, 0) is 6.54 Å². The third kappa shape index (κ3) is 3.85. The number of nitrogens with zero attached hydrogens (tertiary/aromatic N) is 1. The second-order valence-electron chi connectivity index (χ2n) is 4.74. The number of aryl methyl sites for hydroxylation is 1. The average Bonchev–Trinajstić information content (AvgIpc) is 2.83. The summed E-state index contributed by atoms with van der Waals surface area (Å²) in [5.74, 6) is 1.41. The van der Waals surface area contributed by atoms with Gasteiger partial charge in [0.25, 0.3) is 5.91 Å². The van der Waals surface area contributed by atoms with Crippen molar-refractivity contribution in [1.29, 1.82) is 0 Å². The zero-order chi connectivity index (χ0) is 15.4. The fourth-order valence-corrected chi connectivity index (χ4v) is 1.93. The fraction of sp³-hybridized carbons (Fsp3) is 0.200. The van der Waals surface area contributed by atoms with E-state index in [9.17, 15) is 9.59 Å². The highest BCUT2D eigenvalue weighted by atomic mass is 16.3. The van der Waals surface area contributed by atoms with E-state index in [0.717, 1.165) is 11.5 Å². The zero-order valence-corrected chi connectivity index (χ0v) is 11.9. The summed E-state index contributed by atoms with van der Waals surface area (Å²) in [7, 11) is 1.70. The Kier molecular flexibility index (Phi) is 4.27. The lowest BCUT2D eigenvalue weighted by Crippen LogP contribution is -2.26. The molecule has 0 fully saturated rings. The molecule has 0 radical (unpaired) electrons. The van der Waals surface area contributed by atoms with Gasteiger partial charge in [-0.25, -0.2) is 4.79 Å². The van der Waals surface area contributed by atoms with E-state index >= 15 is 0 Å². The number of rotatable bonds is 4. The first kappa shape index (κ1) is 14.6. The molecule has 0 atom stereocenters. The van der Waals surface area contributed by atoms with Crippen LogP contribution < -0.4 is 11.1 Å². The van der Waals surface area contributed by atoms with Crippen LogP contribution in [0.2, 0.25) is 0 Å². The highest BCUT2D eigenvalue weighted by Crippen LogP contribution is 2.13. The summed E-state index contributed by atoms with van der Waals surface area (Å²) < 4.78 is 5.45. The van der Waals surface area contributed by atoms with Gasteiger partial charge in [0.1, 0.15) is 11.5 Å². The van der Waals surface area contributed by atoms with Crippen molar-refractivity contribution in [3.05, 3.63) is 53.5 Å². The fourth-order valence-electron chi connectivity index (χ4n) is 1.93. The summed E-state index contributed by atoms with van der Waals surface area (Å²) in [6.07, 6.45) is 0. The number of anilines is 1. The molecule has 6 heteroatoms. The maximum atomic E-state index is 12.3. The Balaban J connectivity index is 2.03. The molecule has 0 unspecified atom stereocenters. The normalized spacial score (nSPS) is 10.2. The molecule has 0 saturated heterocycles. The van der Waals surface area contributed by atoms with Gasteiger partial charge in [-0.1, -0.05) is 0 Å². The average molecular weight is 287 g/mol. The van der Waals surface area contributed by atoms with Crippen molar-refractivity contribution in [3.63, 3.8) is 0 Å². The molecule has 0 saturated carbocycles. The zero-order valence-electron chi connectivity index (χ0n) is 11.9. The summed E-state index contributed by atoms with van der Waals surface area (Å²) in [5.41, 5.74) is 6.09. The first-order chi connectivity index (χ1) is 9.95. The molecule has 6 nitrogen and oxygen atoms in total. The Labute approximate surface area is 122 Å². The SMILES string of the molecule is Cc1ccc(CN(C)C(=O)c2ccc(NC(N)=O)cc2)o1. The number of carbonyl (C=O) groups is 2. The molecule has 110 valence electrons. The molecule has 21 heavy (non-hydrogen) atoms. The van der Waals surface area contributed by atoms with Crippen molar-refractivity contribution in [2.24, 2.45) is 5.73 Å². The summed E-state index contributed by atoms with van der Waals surface area (Å²) in [5, 5.41) is 2.44. The van der Waals surface area contributed by atoms with Gasteiger partial charge in [0, 0.05) is 18.3 Å². The first-order valence-electron chi connectivity index (χ1n) is 6.43. The van der Waals surface area contributed by atoms with Crippen LogP contribution in [0.3, 0.4) is 0 Å². The van der Waals surface area contributed by atoms with Crippen LogP contribution >= 0.6 is 0 Å². The predicted molar refractivity (Wildman–Crippen MR) is 78.9 cm³/mol. The van der Waals surface area contributed by atoms with Crippen LogP contribution in [0, 0.1) is 6.92 Å². The largest absolute Gasteiger partial charge is 0.464 e. The number of carbonyl (C=O) groups excluding carboxylic acids is 2. The Hall–Kier alpha value is -2.76. The van der Waals surface area contributed by atoms with Gasteiger partial charge in [-0.2, -0.15) is 0 Å². The molecule has 0 bridgehead atoms. The molecule has 0 aliphatic rings. The standard InChI is InChI=1S/C15H17N3O3/c1-10-3-8-13(21-10)9-18(2)14(19)11-4-6-12(7-5-11)17-15(16)20/h3-8H,9H2,1-2H3,(H3,16,17,20). The van der Waals surface area contributed by atoms with Gasteiger partial charge in [0.05, 0.1) is 6.54 Å². The predicted octanol–water partition coefficient (Wildman–Crippen LogP) is 2.35. The topological polar surface area (TPSA) is 88.6 Å². The van der Waals surface area contributed by atoms with E-state index in [1.807, 2.05) is 19.1 Å². The van der Waals surface area contributed by atoms with Crippen molar-refractivity contribution >= 4 is 17.6 Å². The van der Waals surface area contributed by atoms with Crippen LogP contribution in [0.15, 0.2) is 40.8 Å². The number of nitrogens with two attached hydrogens (primary N) is 1. The van der Waals surface area contributed by atoms with Crippen molar-refractivity contribution in [1.82, 2.24) is 4.90 Å². The van der Waals surface area contributed by atoms with Gasteiger partial charge in [-0.3, -0.25) is 4.79 Å². The first-order valence-corrected chi connectivity index (χ1v) is 6.43. The van der Waals surface area contributed by atoms with Crippen LogP contribution in [0.4, 0.5) is 10.5 Å². The number of urea groups is 1. The van der Waals surface area contributed by atoms with Gasteiger partial charge in [-0.05, 0) is 43.3 Å². The Morgan fingerprint density at radius 2 is 1.86 bits per heavy atom. The lowest BCUT2D eigenvalue weighted by molar-refractivity contribution is 0.0775. The second-order valence-corrected chi connectivity index (χ2v) is 4.74. The van der Waals surface area contributed by atoms with Gasteiger partial charge in [0.15, 0.2) is 0 Å². The molecule has 1 aromatic carbocycles. The third-order valence-corrected chi connectivity index (χ3v) is 2.94. The van der Waals surface area contributed by atoms with Gasteiger partial charge >= 0.3 is 6.03 Å². The number of primary amides is 1. The number of hydrogen-bond acceptors (Lipinski definition) is 3. The molecular formula is C15H17N3O3. The summed E-state index contributed by atoms with van der Waals surface area (Å²) >= 11 is 0.